The number of nitro groups is 1. The normalized spacial score (nSPS) is 15.5. The molecule has 1 aliphatic rings. The lowest BCUT2D eigenvalue weighted by Crippen LogP contribution is -2.43. The molecule has 0 unspecified atom stereocenters. The molecule has 4 rings (SSSR count). The van der Waals surface area contributed by atoms with Gasteiger partial charge in [-0.3, -0.25) is 14.9 Å². The number of para-hydroxylation sites is 1. The first kappa shape index (κ1) is 21.5. The molecule has 0 bridgehead atoms. The summed E-state index contributed by atoms with van der Waals surface area (Å²) in [7, 11) is -4.18. The van der Waals surface area contributed by atoms with Gasteiger partial charge < -0.3 is 4.90 Å². The quantitative estimate of drug-likeness (QED) is 0.393. The smallest absolute Gasteiger partial charge is 0.269 e. The highest BCUT2D eigenvalue weighted by atomic mass is 32.2. The lowest BCUT2D eigenvalue weighted by Gasteiger charge is -2.36. The standard InChI is InChI=1S/C23H21N3O5S/c1-2-16-24-22(20-10-6-7-11-21(20)23(24)27)25(17-8-4-3-5-9-17)32(30,31)19-14-12-18(13-15-19)26(28)29/h3-15,22H,2,16H2,1H3/t22-/m0/s1. The van der Waals surface area contributed by atoms with E-state index < -0.39 is 21.1 Å². The maximum Gasteiger partial charge on any atom is 0.269 e. The first-order valence-electron chi connectivity index (χ1n) is 10.1. The SMILES string of the molecule is CCCN1C(=O)c2ccccc2[C@@H]1N(c1ccccc1)S(=O)(=O)c1ccc([N+](=O)[O-])cc1. The van der Waals surface area contributed by atoms with Crippen LogP contribution in [-0.2, 0) is 10.0 Å². The van der Waals surface area contributed by atoms with Gasteiger partial charge in [-0.25, -0.2) is 12.7 Å². The van der Waals surface area contributed by atoms with Gasteiger partial charge in [-0.2, -0.15) is 0 Å². The fourth-order valence-electron chi connectivity index (χ4n) is 3.91. The van der Waals surface area contributed by atoms with E-state index in [0.29, 0.717) is 29.8 Å². The molecule has 0 spiro atoms. The van der Waals surface area contributed by atoms with Gasteiger partial charge >= 0.3 is 0 Å². The van der Waals surface area contributed by atoms with Crippen molar-refractivity contribution in [3.63, 3.8) is 0 Å². The first-order chi connectivity index (χ1) is 15.4. The summed E-state index contributed by atoms with van der Waals surface area (Å²) in [5.41, 5.74) is 1.25. The minimum absolute atomic E-state index is 0.0970. The Labute approximate surface area is 185 Å². The molecule has 9 heteroatoms. The van der Waals surface area contributed by atoms with Crippen molar-refractivity contribution in [2.24, 2.45) is 0 Å². The average Bonchev–Trinajstić information content (AvgIpc) is 3.07. The van der Waals surface area contributed by atoms with Crippen LogP contribution in [0.15, 0.2) is 83.8 Å². The van der Waals surface area contributed by atoms with Crippen LogP contribution in [0.25, 0.3) is 0 Å². The van der Waals surface area contributed by atoms with E-state index in [4.69, 9.17) is 0 Å². The molecule has 1 atom stereocenters. The van der Waals surface area contributed by atoms with Crippen LogP contribution in [-0.4, -0.2) is 30.7 Å². The van der Waals surface area contributed by atoms with Gasteiger partial charge in [0.05, 0.1) is 15.5 Å². The molecule has 32 heavy (non-hydrogen) atoms. The van der Waals surface area contributed by atoms with Gasteiger partial charge in [0.1, 0.15) is 6.17 Å². The average molecular weight is 452 g/mol. The molecule has 164 valence electrons. The zero-order chi connectivity index (χ0) is 22.9. The molecule has 0 fully saturated rings. The van der Waals surface area contributed by atoms with Crippen LogP contribution in [0, 0.1) is 10.1 Å². The number of hydrogen-bond acceptors (Lipinski definition) is 5. The Morgan fingerprint density at radius 1 is 0.969 bits per heavy atom. The number of carbonyl (C=O) groups is 1. The number of benzene rings is 3. The summed E-state index contributed by atoms with van der Waals surface area (Å²) in [5, 5.41) is 11.0. The summed E-state index contributed by atoms with van der Waals surface area (Å²) < 4.78 is 29.0. The third-order valence-corrected chi connectivity index (χ3v) is 7.12. The van der Waals surface area contributed by atoms with Gasteiger partial charge in [0.25, 0.3) is 21.6 Å². The van der Waals surface area contributed by atoms with E-state index in [1.807, 2.05) is 6.92 Å². The first-order valence-corrected chi connectivity index (χ1v) is 11.5. The lowest BCUT2D eigenvalue weighted by molar-refractivity contribution is -0.384. The van der Waals surface area contributed by atoms with E-state index in [1.54, 1.807) is 59.5 Å². The lowest BCUT2D eigenvalue weighted by atomic mass is 10.1. The highest BCUT2D eigenvalue weighted by Gasteiger charge is 2.44. The van der Waals surface area contributed by atoms with Crippen molar-refractivity contribution in [3.8, 4) is 0 Å². The second-order valence-electron chi connectivity index (χ2n) is 7.35. The number of rotatable bonds is 7. The Kier molecular flexibility index (Phi) is 5.67. The van der Waals surface area contributed by atoms with Crippen LogP contribution in [0.5, 0.6) is 0 Å². The maximum atomic E-state index is 13.9. The second-order valence-corrected chi connectivity index (χ2v) is 9.16. The molecule has 0 saturated heterocycles. The van der Waals surface area contributed by atoms with Crippen molar-refractivity contribution >= 4 is 27.3 Å². The molecule has 8 nitrogen and oxygen atoms in total. The molecule has 1 heterocycles. The summed E-state index contributed by atoms with van der Waals surface area (Å²) >= 11 is 0. The molecule has 1 aliphatic heterocycles. The Hall–Kier alpha value is -3.72. The maximum absolute atomic E-state index is 13.9. The highest BCUT2D eigenvalue weighted by molar-refractivity contribution is 7.92. The molecule has 3 aromatic rings. The number of carbonyl (C=O) groups excluding carboxylic acids is 1. The van der Waals surface area contributed by atoms with Gasteiger partial charge in [0.2, 0.25) is 0 Å². The van der Waals surface area contributed by atoms with Crippen molar-refractivity contribution in [3.05, 3.63) is 100 Å². The van der Waals surface area contributed by atoms with Gasteiger partial charge in [0, 0.05) is 29.8 Å². The number of fused-ring (bicyclic) bond motifs is 1. The number of nitrogens with zero attached hydrogens (tertiary/aromatic N) is 3. The Bertz CT molecular complexity index is 1260. The van der Waals surface area contributed by atoms with E-state index in [2.05, 4.69) is 0 Å². The van der Waals surface area contributed by atoms with Crippen molar-refractivity contribution in [2.75, 3.05) is 10.8 Å². The zero-order valence-electron chi connectivity index (χ0n) is 17.3. The highest BCUT2D eigenvalue weighted by Crippen LogP contribution is 2.41. The predicted molar refractivity (Wildman–Crippen MR) is 120 cm³/mol. The van der Waals surface area contributed by atoms with Crippen LogP contribution in [0.1, 0.15) is 35.4 Å². The molecular formula is C23H21N3O5S. The van der Waals surface area contributed by atoms with Crippen molar-refractivity contribution in [2.45, 2.75) is 24.4 Å². The van der Waals surface area contributed by atoms with Crippen LogP contribution >= 0.6 is 0 Å². The van der Waals surface area contributed by atoms with Crippen molar-refractivity contribution in [1.29, 1.82) is 0 Å². The summed E-state index contributed by atoms with van der Waals surface area (Å²) in [6, 6.07) is 20.3. The van der Waals surface area contributed by atoms with E-state index in [0.717, 1.165) is 12.1 Å². The summed E-state index contributed by atoms with van der Waals surface area (Å²) in [5.74, 6) is -0.229. The van der Waals surface area contributed by atoms with Gasteiger partial charge in [0.15, 0.2) is 0 Å². The molecule has 1 amide bonds. The largest absolute Gasteiger partial charge is 0.313 e. The Morgan fingerprint density at radius 3 is 2.22 bits per heavy atom. The molecule has 0 radical (unpaired) electrons. The van der Waals surface area contributed by atoms with Crippen LogP contribution < -0.4 is 4.31 Å². The molecule has 0 saturated carbocycles. The van der Waals surface area contributed by atoms with Crippen molar-refractivity contribution in [1.82, 2.24) is 4.90 Å². The third-order valence-electron chi connectivity index (χ3n) is 5.33. The van der Waals surface area contributed by atoms with E-state index in [9.17, 15) is 23.3 Å². The monoisotopic (exact) mass is 451 g/mol. The number of amides is 1. The second kappa shape index (κ2) is 8.43. The van der Waals surface area contributed by atoms with E-state index in [-0.39, 0.29) is 16.5 Å². The predicted octanol–water partition coefficient (Wildman–Crippen LogP) is 4.35. The van der Waals surface area contributed by atoms with Crippen LogP contribution in [0.3, 0.4) is 0 Å². The van der Waals surface area contributed by atoms with E-state index in [1.165, 1.54) is 16.4 Å². The summed E-state index contributed by atoms with van der Waals surface area (Å²) in [6.07, 6.45) is -0.225. The van der Waals surface area contributed by atoms with Crippen LogP contribution in [0.4, 0.5) is 11.4 Å². The number of anilines is 1. The van der Waals surface area contributed by atoms with Crippen LogP contribution in [0.2, 0.25) is 0 Å². The molecule has 0 N–H and O–H groups in total. The molecule has 0 aliphatic carbocycles. The Balaban J connectivity index is 1.92. The number of nitro benzene ring substituents is 1. The number of non-ortho nitro benzene ring substituents is 1. The van der Waals surface area contributed by atoms with Gasteiger partial charge in [-0.1, -0.05) is 43.3 Å². The van der Waals surface area contributed by atoms with Gasteiger partial charge in [-0.15, -0.1) is 0 Å². The topological polar surface area (TPSA) is 101 Å². The molecule has 0 aromatic heterocycles. The fourth-order valence-corrected chi connectivity index (χ4v) is 5.50. The summed E-state index contributed by atoms with van der Waals surface area (Å²) in [4.78, 5) is 25.0. The molecule has 3 aromatic carbocycles. The minimum atomic E-state index is -4.18. The van der Waals surface area contributed by atoms with E-state index >= 15 is 0 Å². The number of sulfonamides is 1. The van der Waals surface area contributed by atoms with Gasteiger partial charge in [-0.05, 0) is 36.8 Å². The minimum Gasteiger partial charge on any atom is -0.313 e. The molecular weight excluding hydrogens is 430 g/mol. The third kappa shape index (κ3) is 3.60. The zero-order valence-corrected chi connectivity index (χ0v) is 18.1. The fraction of sp³-hybridized carbons (Fsp3) is 0.174. The Morgan fingerprint density at radius 2 is 1.59 bits per heavy atom. The summed E-state index contributed by atoms with van der Waals surface area (Å²) in [6.45, 7) is 2.29. The van der Waals surface area contributed by atoms with Crippen molar-refractivity contribution < 1.29 is 18.1 Å². The number of hydrogen-bond donors (Lipinski definition) is 0.